The summed E-state index contributed by atoms with van der Waals surface area (Å²) in [5.74, 6) is 0. The molecule has 0 amide bonds. The maximum atomic E-state index is 6.69. The predicted molar refractivity (Wildman–Crippen MR) is 223 cm³/mol. The van der Waals surface area contributed by atoms with Gasteiger partial charge in [0.15, 0.2) is 0 Å². The number of anilines is 3. The van der Waals surface area contributed by atoms with E-state index in [2.05, 4.69) is 204 Å². The van der Waals surface area contributed by atoms with Crippen LogP contribution in [0.2, 0.25) is 0 Å². The summed E-state index contributed by atoms with van der Waals surface area (Å²) >= 11 is 0. The van der Waals surface area contributed by atoms with Crippen LogP contribution in [0.5, 0.6) is 0 Å². The molecule has 2 heterocycles. The number of fused-ring (bicyclic) bond motifs is 9. The second kappa shape index (κ2) is 11.7. The van der Waals surface area contributed by atoms with Crippen LogP contribution in [0.25, 0.3) is 82.1 Å². The minimum atomic E-state index is 0.869. The molecule has 0 N–H and O–H groups in total. The van der Waals surface area contributed by atoms with Gasteiger partial charge in [-0.3, -0.25) is 0 Å². The van der Waals surface area contributed by atoms with Gasteiger partial charge in [-0.1, -0.05) is 127 Å². The lowest BCUT2D eigenvalue weighted by Gasteiger charge is -2.26. The first kappa shape index (κ1) is 29.6. The topological polar surface area (TPSA) is 21.3 Å². The second-order valence-corrected chi connectivity index (χ2v) is 13.7. The average Bonchev–Trinajstić information content (AvgIpc) is 3.78. The summed E-state index contributed by atoms with van der Waals surface area (Å²) in [4.78, 5) is 2.39. The van der Waals surface area contributed by atoms with Crippen LogP contribution in [0.4, 0.5) is 17.1 Å². The van der Waals surface area contributed by atoms with Gasteiger partial charge in [-0.2, -0.15) is 0 Å². The molecule has 0 saturated carbocycles. The normalized spacial score (nSPS) is 11.8. The molecule has 11 rings (SSSR count). The summed E-state index contributed by atoms with van der Waals surface area (Å²) in [6.07, 6.45) is 0. The molecule has 0 fully saturated rings. The lowest BCUT2D eigenvalue weighted by Crippen LogP contribution is -2.10. The van der Waals surface area contributed by atoms with Gasteiger partial charge in [0.1, 0.15) is 11.2 Å². The Morgan fingerprint density at radius 1 is 0.396 bits per heavy atom. The maximum Gasteiger partial charge on any atom is 0.143 e. The third-order valence-corrected chi connectivity index (χ3v) is 10.7. The van der Waals surface area contributed by atoms with Crippen molar-refractivity contribution in [3.63, 3.8) is 0 Å². The highest BCUT2D eigenvalue weighted by Crippen LogP contribution is 2.46. The quantitative estimate of drug-likeness (QED) is 0.181. The summed E-state index contributed by atoms with van der Waals surface area (Å²) in [6, 6.07) is 69.8. The van der Waals surface area contributed by atoms with Crippen molar-refractivity contribution in [1.29, 1.82) is 0 Å². The molecule has 0 bridgehead atoms. The van der Waals surface area contributed by atoms with Crippen LogP contribution in [0.15, 0.2) is 199 Å². The molecule has 9 aromatic carbocycles. The van der Waals surface area contributed by atoms with Crippen LogP contribution >= 0.6 is 0 Å². The van der Waals surface area contributed by atoms with Crippen molar-refractivity contribution in [3.8, 4) is 16.8 Å². The standard InChI is InChI=1S/C50H32N2O/c1-2-11-33(12-3-1)35-21-25-38(26-22-35)51(47-19-10-20-48-49(47)43-29-24-36-14-6-7-16-41(36)50(43)53-48)40-28-30-46-44(32-40)42-17-8-9-18-45(42)52(46)39-27-23-34-13-4-5-15-37(34)31-39/h1-32H. The van der Waals surface area contributed by atoms with Gasteiger partial charge >= 0.3 is 0 Å². The van der Waals surface area contributed by atoms with E-state index in [1.807, 2.05) is 0 Å². The fourth-order valence-electron chi connectivity index (χ4n) is 8.28. The fourth-order valence-corrected chi connectivity index (χ4v) is 8.28. The molecule has 53 heavy (non-hydrogen) atoms. The van der Waals surface area contributed by atoms with E-state index in [-0.39, 0.29) is 0 Å². The number of furan rings is 1. The Hall–Kier alpha value is -7.10. The van der Waals surface area contributed by atoms with E-state index in [1.54, 1.807) is 0 Å². The van der Waals surface area contributed by atoms with Gasteiger partial charge in [0, 0.05) is 38.6 Å². The minimum Gasteiger partial charge on any atom is -0.455 e. The molecule has 248 valence electrons. The highest BCUT2D eigenvalue weighted by Gasteiger charge is 2.22. The first-order valence-electron chi connectivity index (χ1n) is 18.1. The predicted octanol–water partition coefficient (Wildman–Crippen LogP) is 14.1. The van der Waals surface area contributed by atoms with Crippen molar-refractivity contribution in [2.24, 2.45) is 0 Å². The van der Waals surface area contributed by atoms with Gasteiger partial charge in [-0.05, 0) is 94.0 Å². The van der Waals surface area contributed by atoms with Crippen molar-refractivity contribution >= 4 is 82.4 Å². The molecule has 0 aliphatic heterocycles. The van der Waals surface area contributed by atoms with E-state index in [0.717, 1.165) is 50.1 Å². The van der Waals surface area contributed by atoms with E-state index < -0.39 is 0 Å². The molecule has 0 aliphatic rings. The SMILES string of the molecule is c1ccc(-c2ccc(N(c3ccc4c(c3)c3ccccc3n4-c3ccc4ccccc4c3)c3cccc4oc5c6ccccc6ccc5c34)cc2)cc1. The van der Waals surface area contributed by atoms with Crippen molar-refractivity contribution < 1.29 is 4.42 Å². The summed E-state index contributed by atoms with van der Waals surface area (Å²) in [6.45, 7) is 0. The highest BCUT2D eigenvalue weighted by molar-refractivity contribution is 6.20. The molecule has 0 radical (unpaired) electrons. The van der Waals surface area contributed by atoms with Crippen LogP contribution < -0.4 is 4.90 Å². The van der Waals surface area contributed by atoms with E-state index in [4.69, 9.17) is 4.42 Å². The number of nitrogens with zero attached hydrogens (tertiary/aromatic N) is 2. The zero-order valence-corrected chi connectivity index (χ0v) is 28.8. The number of aromatic nitrogens is 1. The van der Waals surface area contributed by atoms with E-state index >= 15 is 0 Å². The Bertz CT molecular complexity index is 3170. The number of hydrogen-bond acceptors (Lipinski definition) is 2. The van der Waals surface area contributed by atoms with E-state index in [9.17, 15) is 0 Å². The molecule has 2 aromatic heterocycles. The third-order valence-electron chi connectivity index (χ3n) is 10.7. The van der Waals surface area contributed by atoms with Crippen LogP contribution in [-0.4, -0.2) is 4.57 Å². The Labute approximate surface area is 306 Å². The molecule has 0 unspecified atom stereocenters. The van der Waals surface area contributed by atoms with Crippen LogP contribution in [0.3, 0.4) is 0 Å². The number of para-hydroxylation sites is 1. The molecule has 0 atom stereocenters. The number of benzene rings is 9. The van der Waals surface area contributed by atoms with Crippen LogP contribution in [0.1, 0.15) is 0 Å². The first-order chi connectivity index (χ1) is 26.3. The molecule has 3 nitrogen and oxygen atoms in total. The summed E-state index contributed by atoms with van der Waals surface area (Å²) < 4.78 is 9.08. The molecular weight excluding hydrogens is 645 g/mol. The fraction of sp³-hybridized carbons (Fsp3) is 0. The highest BCUT2D eigenvalue weighted by atomic mass is 16.3. The molecular formula is C50H32N2O. The van der Waals surface area contributed by atoms with Crippen molar-refractivity contribution in [2.75, 3.05) is 4.90 Å². The van der Waals surface area contributed by atoms with Gasteiger partial charge < -0.3 is 13.9 Å². The average molecular weight is 677 g/mol. The Balaban J connectivity index is 1.16. The Morgan fingerprint density at radius 3 is 1.94 bits per heavy atom. The van der Waals surface area contributed by atoms with Gasteiger partial charge in [-0.15, -0.1) is 0 Å². The third kappa shape index (κ3) is 4.68. The zero-order chi connectivity index (χ0) is 34.9. The summed E-state index contributed by atoms with van der Waals surface area (Å²) in [7, 11) is 0. The minimum absolute atomic E-state index is 0.869. The Morgan fingerprint density at radius 2 is 1.08 bits per heavy atom. The zero-order valence-electron chi connectivity index (χ0n) is 28.8. The molecule has 0 saturated heterocycles. The van der Waals surface area contributed by atoms with Gasteiger partial charge in [0.05, 0.1) is 22.1 Å². The molecule has 3 heteroatoms. The lowest BCUT2D eigenvalue weighted by atomic mass is 10.0. The van der Waals surface area contributed by atoms with Gasteiger partial charge in [0.2, 0.25) is 0 Å². The van der Waals surface area contributed by atoms with Crippen LogP contribution in [0, 0.1) is 0 Å². The van der Waals surface area contributed by atoms with E-state index in [1.165, 1.54) is 49.1 Å². The largest absolute Gasteiger partial charge is 0.455 e. The summed E-state index contributed by atoms with van der Waals surface area (Å²) in [5.41, 5.74) is 10.9. The number of rotatable bonds is 5. The first-order valence-corrected chi connectivity index (χ1v) is 18.1. The monoisotopic (exact) mass is 676 g/mol. The maximum absolute atomic E-state index is 6.69. The Kier molecular flexibility index (Phi) is 6.55. The molecule has 0 aliphatic carbocycles. The van der Waals surface area contributed by atoms with Crippen molar-refractivity contribution in [3.05, 3.63) is 194 Å². The molecule has 11 aromatic rings. The number of hydrogen-bond donors (Lipinski definition) is 0. The van der Waals surface area contributed by atoms with Crippen LogP contribution in [-0.2, 0) is 0 Å². The van der Waals surface area contributed by atoms with Crippen molar-refractivity contribution in [1.82, 2.24) is 4.57 Å². The van der Waals surface area contributed by atoms with Crippen molar-refractivity contribution in [2.45, 2.75) is 0 Å². The molecule has 0 spiro atoms. The lowest BCUT2D eigenvalue weighted by molar-refractivity contribution is 0.672. The smallest absolute Gasteiger partial charge is 0.143 e. The summed E-state index contributed by atoms with van der Waals surface area (Å²) in [5, 5.41) is 9.38. The second-order valence-electron chi connectivity index (χ2n) is 13.7. The van der Waals surface area contributed by atoms with Gasteiger partial charge in [-0.25, -0.2) is 0 Å². The van der Waals surface area contributed by atoms with Gasteiger partial charge in [0.25, 0.3) is 0 Å². The van der Waals surface area contributed by atoms with E-state index in [0.29, 0.717) is 0 Å².